The number of hydrogen-bond acceptors (Lipinski definition) is 4. The molecule has 0 saturated carbocycles. The maximum atomic E-state index is 12.2. The minimum atomic E-state index is -3.19. The Balaban J connectivity index is 0.00000288. The number of benzene rings is 1. The Hall–Kier alpha value is -1.31. The van der Waals surface area contributed by atoms with Gasteiger partial charge in [-0.25, -0.2) is 8.42 Å². The second-order valence-corrected chi connectivity index (χ2v) is 7.76. The minimum absolute atomic E-state index is 0. The van der Waals surface area contributed by atoms with Crippen LogP contribution in [0.15, 0.2) is 18.2 Å². The maximum Gasteiger partial charge on any atom is 0.251 e. The third-order valence-corrected chi connectivity index (χ3v) is 5.73. The van der Waals surface area contributed by atoms with E-state index in [1.54, 1.807) is 18.2 Å². The van der Waals surface area contributed by atoms with Gasteiger partial charge in [0.1, 0.15) is 0 Å². The van der Waals surface area contributed by atoms with Crippen molar-refractivity contribution < 1.29 is 13.2 Å². The average molecular weight is 376 g/mol. The SMILES string of the molecule is CCCNCCNC(=O)c1ccc(N2CCCS2(=O)=O)cc1C.Cl. The Kier molecular flexibility index (Phi) is 7.99. The van der Waals surface area contributed by atoms with Crippen LogP contribution in [0.2, 0.25) is 0 Å². The van der Waals surface area contributed by atoms with E-state index in [4.69, 9.17) is 0 Å². The van der Waals surface area contributed by atoms with Gasteiger partial charge in [0.2, 0.25) is 10.0 Å². The summed E-state index contributed by atoms with van der Waals surface area (Å²) >= 11 is 0. The molecule has 1 heterocycles. The molecule has 2 N–H and O–H groups in total. The molecule has 1 saturated heterocycles. The highest BCUT2D eigenvalue weighted by molar-refractivity contribution is 7.93. The van der Waals surface area contributed by atoms with Crippen LogP contribution in [0, 0.1) is 6.92 Å². The number of amides is 1. The monoisotopic (exact) mass is 375 g/mol. The number of aryl methyl sites for hydroxylation is 1. The molecule has 0 bridgehead atoms. The summed E-state index contributed by atoms with van der Waals surface area (Å²) in [5.74, 6) is 0.0654. The van der Waals surface area contributed by atoms with Crippen LogP contribution in [-0.4, -0.2) is 46.3 Å². The number of nitrogens with one attached hydrogen (secondary N) is 2. The van der Waals surface area contributed by atoms with Crippen molar-refractivity contribution in [3.8, 4) is 0 Å². The van der Waals surface area contributed by atoms with Gasteiger partial charge in [-0.1, -0.05) is 6.92 Å². The summed E-state index contributed by atoms with van der Waals surface area (Å²) in [6.45, 7) is 6.68. The second kappa shape index (κ2) is 9.25. The molecule has 0 spiro atoms. The van der Waals surface area contributed by atoms with E-state index in [2.05, 4.69) is 17.6 Å². The molecule has 24 heavy (non-hydrogen) atoms. The first kappa shape index (κ1) is 20.7. The fourth-order valence-corrected chi connectivity index (χ4v) is 4.21. The summed E-state index contributed by atoms with van der Waals surface area (Å²) in [4.78, 5) is 12.2. The summed E-state index contributed by atoms with van der Waals surface area (Å²) < 4.78 is 25.3. The molecule has 0 aliphatic carbocycles. The molecule has 1 amide bonds. The number of carbonyl (C=O) groups excluding carboxylic acids is 1. The van der Waals surface area contributed by atoms with E-state index in [9.17, 15) is 13.2 Å². The van der Waals surface area contributed by atoms with E-state index in [-0.39, 0.29) is 24.1 Å². The molecule has 1 aliphatic rings. The van der Waals surface area contributed by atoms with Crippen molar-refractivity contribution in [2.45, 2.75) is 26.7 Å². The van der Waals surface area contributed by atoms with Crippen LogP contribution in [0.3, 0.4) is 0 Å². The molecule has 1 fully saturated rings. The molecule has 0 unspecified atom stereocenters. The molecule has 1 aromatic carbocycles. The van der Waals surface area contributed by atoms with Gasteiger partial charge in [0, 0.05) is 25.2 Å². The lowest BCUT2D eigenvalue weighted by atomic mass is 10.1. The smallest absolute Gasteiger partial charge is 0.251 e. The van der Waals surface area contributed by atoms with E-state index in [0.717, 1.165) is 25.1 Å². The van der Waals surface area contributed by atoms with Gasteiger partial charge in [0.05, 0.1) is 11.4 Å². The molecule has 1 aromatic rings. The lowest BCUT2D eigenvalue weighted by Crippen LogP contribution is -2.32. The molecule has 0 aromatic heterocycles. The van der Waals surface area contributed by atoms with Crippen molar-refractivity contribution in [2.75, 3.05) is 36.2 Å². The zero-order chi connectivity index (χ0) is 16.9. The van der Waals surface area contributed by atoms with Crippen LogP contribution in [0.25, 0.3) is 0 Å². The number of sulfonamides is 1. The zero-order valence-electron chi connectivity index (χ0n) is 14.2. The molecule has 136 valence electrons. The van der Waals surface area contributed by atoms with E-state index in [1.807, 2.05) is 6.92 Å². The van der Waals surface area contributed by atoms with Gasteiger partial charge < -0.3 is 10.6 Å². The number of nitrogens with zero attached hydrogens (tertiary/aromatic N) is 1. The van der Waals surface area contributed by atoms with Crippen molar-refractivity contribution in [3.63, 3.8) is 0 Å². The van der Waals surface area contributed by atoms with Crippen molar-refractivity contribution in [3.05, 3.63) is 29.3 Å². The summed E-state index contributed by atoms with van der Waals surface area (Å²) in [6, 6.07) is 5.18. The quantitative estimate of drug-likeness (QED) is 0.711. The van der Waals surface area contributed by atoms with Crippen LogP contribution in [0.1, 0.15) is 35.7 Å². The Morgan fingerprint density at radius 2 is 2.00 bits per heavy atom. The summed E-state index contributed by atoms with van der Waals surface area (Å²) in [7, 11) is -3.19. The van der Waals surface area contributed by atoms with Crippen molar-refractivity contribution in [1.29, 1.82) is 0 Å². The van der Waals surface area contributed by atoms with Crippen LogP contribution >= 0.6 is 12.4 Å². The largest absolute Gasteiger partial charge is 0.351 e. The van der Waals surface area contributed by atoms with Gasteiger partial charge >= 0.3 is 0 Å². The maximum absolute atomic E-state index is 12.2. The third kappa shape index (κ3) is 5.09. The molecule has 1 aliphatic heterocycles. The highest BCUT2D eigenvalue weighted by Gasteiger charge is 2.28. The first-order chi connectivity index (χ1) is 11.0. The number of anilines is 1. The number of halogens is 1. The van der Waals surface area contributed by atoms with Crippen LogP contribution < -0.4 is 14.9 Å². The molecule has 2 rings (SSSR count). The van der Waals surface area contributed by atoms with Gasteiger partial charge in [-0.3, -0.25) is 9.10 Å². The summed E-state index contributed by atoms with van der Waals surface area (Å²) in [6.07, 6.45) is 1.71. The fourth-order valence-electron chi connectivity index (χ4n) is 2.65. The highest BCUT2D eigenvalue weighted by Crippen LogP contribution is 2.26. The average Bonchev–Trinajstić information content (AvgIpc) is 2.86. The number of rotatable bonds is 7. The van der Waals surface area contributed by atoms with E-state index in [1.165, 1.54) is 4.31 Å². The van der Waals surface area contributed by atoms with Gasteiger partial charge in [-0.05, 0) is 50.1 Å². The minimum Gasteiger partial charge on any atom is -0.351 e. The Bertz CT molecular complexity index is 665. The Labute approximate surface area is 150 Å². The Morgan fingerprint density at radius 3 is 2.58 bits per heavy atom. The van der Waals surface area contributed by atoms with E-state index < -0.39 is 10.0 Å². The van der Waals surface area contributed by atoms with Gasteiger partial charge in [0.15, 0.2) is 0 Å². The molecule has 8 heteroatoms. The topological polar surface area (TPSA) is 78.5 Å². The predicted molar refractivity (Wildman–Crippen MR) is 99.7 cm³/mol. The normalized spacial score (nSPS) is 15.8. The lowest BCUT2D eigenvalue weighted by Gasteiger charge is -2.18. The fraction of sp³-hybridized carbons (Fsp3) is 0.562. The van der Waals surface area contributed by atoms with Crippen molar-refractivity contribution in [1.82, 2.24) is 10.6 Å². The van der Waals surface area contributed by atoms with Crippen LogP contribution in [0.5, 0.6) is 0 Å². The van der Waals surface area contributed by atoms with E-state index >= 15 is 0 Å². The lowest BCUT2D eigenvalue weighted by molar-refractivity contribution is 0.0953. The standard InChI is InChI=1S/C16H25N3O3S.ClH/c1-3-7-17-8-9-18-16(20)15-6-5-14(12-13(15)2)19-10-4-11-23(19,21)22;/h5-6,12,17H,3-4,7-11H2,1-2H3,(H,18,20);1H. The summed E-state index contributed by atoms with van der Waals surface area (Å²) in [5.41, 5.74) is 2.01. The van der Waals surface area contributed by atoms with Crippen molar-refractivity contribution in [2.24, 2.45) is 0 Å². The molecular weight excluding hydrogens is 350 g/mol. The van der Waals surface area contributed by atoms with Crippen LogP contribution in [0.4, 0.5) is 5.69 Å². The van der Waals surface area contributed by atoms with Gasteiger partial charge in [-0.15, -0.1) is 12.4 Å². The third-order valence-electron chi connectivity index (χ3n) is 3.86. The summed E-state index contributed by atoms with van der Waals surface area (Å²) in [5, 5.41) is 6.09. The predicted octanol–water partition coefficient (Wildman–Crippen LogP) is 1.69. The van der Waals surface area contributed by atoms with E-state index in [0.29, 0.717) is 30.8 Å². The van der Waals surface area contributed by atoms with Gasteiger partial charge in [0.25, 0.3) is 5.91 Å². The molecule has 0 atom stereocenters. The Morgan fingerprint density at radius 1 is 1.25 bits per heavy atom. The number of carbonyl (C=O) groups is 1. The number of hydrogen-bond donors (Lipinski definition) is 2. The van der Waals surface area contributed by atoms with Crippen molar-refractivity contribution >= 4 is 34.0 Å². The highest BCUT2D eigenvalue weighted by atomic mass is 35.5. The first-order valence-corrected chi connectivity index (χ1v) is 9.66. The van der Waals surface area contributed by atoms with Gasteiger partial charge in [-0.2, -0.15) is 0 Å². The first-order valence-electron chi connectivity index (χ1n) is 8.05. The zero-order valence-corrected chi connectivity index (χ0v) is 15.8. The molecule has 0 radical (unpaired) electrons. The molecular formula is C16H26ClN3O3S. The molecule has 6 nitrogen and oxygen atoms in total. The van der Waals surface area contributed by atoms with Crippen LogP contribution in [-0.2, 0) is 10.0 Å². The second-order valence-electron chi connectivity index (χ2n) is 5.75.